The number of nitriles is 1. The summed E-state index contributed by atoms with van der Waals surface area (Å²) in [6.07, 6.45) is 0. The summed E-state index contributed by atoms with van der Waals surface area (Å²) < 4.78 is 0. The molecule has 0 fully saturated rings. The first-order chi connectivity index (χ1) is 8.70. The van der Waals surface area contributed by atoms with E-state index in [9.17, 15) is 0 Å². The highest BCUT2D eigenvalue weighted by molar-refractivity contribution is 7.99. The quantitative estimate of drug-likeness (QED) is 0.782. The summed E-state index contributed by atoms with van der Waals surface area (Å²) in [5.41, 5.74) is 2.07. The normalized spacial score (nSPS) is 10.3. The van der Waals surface area contributed by atoms with Gasteiger partial charge in [-0.3, -0.25) is 0 Å². The Balaban J connectivity index is 2.22. The molecule has 0 amide bonds. The maximum absolute atomic E-state index is 9.05. The number of hydrogen-bond acceptors (Lipinski definition) is 2. The Morgan fingerprint density at radius 3 is 2.28 bits per heavy atom. The summed E-state index contributed by atoms with van der Waals surface area (Å²) in [6, 6.07) is 18.5. The topological polar surface area (TPSA) is 23.8 Å². The number of benzene rings is 2. The van der Waals surface area contributed by atoms with Gasteiger partial charge in [-0.1, -0.05) is 49.9 Å². The molecular formula is C16H15NS. The molecule has 2 heteroatoms. The monoisotopic (exact) mass is 253 g/mol. The van der Waals surface area contributed by atoms with E-state index in [4.69, 9.17) is 5.26 Å². The molecule has 90 valence electrons. The van der Waals surface area contributed by atoms with Crippen molar-refractivity contribution in [2.75, 3.05) is 0 Å². The van der Waals surface area contributed by atoms with E-state index in [0.717, 1.165) is 10.5 Å². The van der Waals surface area contributed by atoms with Crippen LogP contribution in [0, 0.1) is 11.3 Å². The van der Waals surface area contributed by atoms with Gasteiger partial charge in [0.25, 0.3) is 0 Å². The third kappa shape index (κ3) is 2.94. The van der Waals surface area contributed by atoms with Gasteiger partial charge < -0.3 is 0 Å². The van der Waals surface area contributed by atoms with Crippen molar-refractivity contribution in [3.8, 4) is 6.07 Å². The Morgan fingerprint density at radius 2 is 1.67 bits per heavy atom. The molecular weight excluding hydrogens is 238 g/mol. The highest BCUT2D eigenvalue weighted by Crippen LogP contribution is 2.30. The third-order valence-corrected chi connectivity index (χ3v) is 3.87. The molecule has 0 heterocycles. The van der Waals surface area contributed by atoms with Crippen molar-refractivity contribution < 1.29 is 0 Å². The lowest BCUT2D eigenvalue weighted by Crippen LogP contribution is -1.86. The van der Waals surface area contributed by atoms with Crippen molar-refractivity contribution in [2.45, 2.75) is 29.6 Å². The summed E-state index contributed by atoms with van der Waals surface area (Å²) in [5.74, 6) is 0.551. The van der Waals surface area contributed by atoms with Gasteiger partial charge in [0.1, 0.15) is 6.07 Å². The zero-order chi connectivity index (χ0) is 13.0. The third-order valence-electron chi connectivity index (χ3n) is 2.78. The molecule has 1 nitrogen and oxygen atoms in total. The fraction of sp³-hybridized carbons (Fsp3) is 0.188. The van der Waals surface area contributed by atoms with Crippen LogP contribution in [-0.2, 0) is 0 Å². The van der Waals surface area contributed by atoms with Gasteiger partial charge in [-0.15, -0.1) is 0 Å². The summed E-state index contributed by atoms with van der Waals surface area (Å²) in [6.45, 7) is 4.38. The van der Waals surface area contributed by atoms with Crippen LogP contribution in [0.5, 0.6) is 0 Å². The number of nitrogens with zero attached hydrogens (tertiary/aromatic N) is 1. The van der Waals surface area contributed by atoms with Crippen molar-refractivity contribution >= 4 is 11.8 Å². The number of rotatable bonds is 3. The van der Waals surface area contributed by atoms with E-state index < -0.39 is 0 Å². The Hall–Kier alpha value is -1.72. The van der Waals surface area contributed by atoms with Crippen LogP contribution in [0.3, 0.4) is 0 Å². The molecule has 0 atom stereocenters. The molecule has 18 heavy (non-hydrogen) atoms. The van der Waals surface area contributed by atoms with Gasteiger partial charge in [0.15, 0.2) is 0 Å². The lowest BCUT2D eigenvalue weighted by atomic mass is 10.0. The van der Waals surface area contributed by atoms with Crippen molar-refractivity contribution in [2.24, 2.45) is 0 Å². The van der Waals surface area contributed by atoms with Crippen LogP contribution in [0.1, 0.15) is 30.9 Å². The minimum absolute atomic E-state index is 0.551. The van der Waals surface area contributed by atoms with Crippen LogP contribution in [0.15, 0.2) is 58.3 Å². The predicted molar refractivity (Wildman–Crippen MR) is 75.8 cm³/mol. The average Bonchev–Trinajstić information content (AvgIpc) is 2.40. The van der Waals surface area contributed by atoms with Gasteiger partial charge in [-0.05, 0) is 35.7 Å². The molecule has 0 saturated heterocycles. The van der Waals surface area contributed by atoms with Crippen molar-refractivity contribution in [3.05, 3.63) is 59.7 Å². The number of hydrogen-bond donors (Lipinski definition) is 0. The highest BCUT2D eigenvalue weighted by atomic mass is 32.2. The van der Waals surface area contributed by atoms with Crippen LogP contribution < -0.4 is 0 Å². The molecule has 0 aliphatic carbocycles. The molecule has 0 aromatic heterocycles. The molecule has 0 aliphatic rings. The zero-order valence-electron chi connectivity index (χ0n) is 10.6. The van der Waals surface area contributed by atoms with E-state index in [1.54, 1.807) is 11.8 Å². The van der Waals surface area contributed by atoms with Gasteiger partial charge in [-0.2, -0.15) is 5.26 Å². The Kier molecular flexibility index (Phi) is 4.07. The van der Waals surface area contributed by atoms with Gasteiger partial charge in [-0.25, -0.2) is 0 Å². The van der Waals surface area contributed by atoms with E-state index in [0.29, 0.717) is 5.92 Å². The van der Waals surface area contributed by atoms with Crippen LogP contribution in [0.4, 0.5) is 0 Å². The Morgan fingerprint density at radius 1 is 1.00 bits per heavy atom. The predicted octanol–water partition coefficient (Wildman–Crippen LogP) is 4.83. The summed E-state index contributed by atoms with van der Waals surface area (Å²) in [5, 5.41) is 9.05. The van der Waals surface area contributed by atoms with Crippen LogP contribution >= 0.6 is 11.8 Å². The summed E-state index contributed by atoms with van der Waals surface area (Å²) in [7, 11) is 0. The molecule has 0 radical (unpaired) electrons. The molecule has 0 aliphatic heterocycles. The average molecular weight is 253 g/mol. The van der Waals surface area contributed by atoms with E-state index in [1.807, 2.05) is 24.3 Å². The largest absolute Gasteiger partial charge is 0.192 e. The minimum Gasteiger partial charge on any atom is -0.192 e. The first-order valence-corrected chi connectivity index (χ1v) is 6.79. The van der Waals surface area contributed by atoms with E-state index >= 15 is 0 Å². The first-order valence-electron chi connectivity index (χ1n) is 5.97. The van der Waals surface area contributed by atoms with E-state index in [1.165, 1.54) is 10.5 Å². The maximum Gasteiger partial charge on any atom is 0.100 e. The molecule has 2 aromatic rings. The Bertz CT molecular complexity index is 564. The lowest BCUT2D eigenvalue weighted by molar-refractivity contribution is 0.865. The zero-order valence-corrected chi connectivity index (χ0v) is 11.4. The second-order valence-corrected chi connectivity index (χ2v) is 5.55. The van der Waals surface area contributed by atoms with Crippen LogP contribution in [-0.4, -0.2) is 0 Å². The molecule has 0 saturated carbocycles. The van der Waals surface area contributed by atoms with Crippen molar-refractivity contribution in [1.82, 2.24) is 0 Å². The summed E-state index contributed by atoms with van der Waals surface area (Å²) in [4.78, 5) is 2.18. The molecule has 2 rings (SSSR count). The van der Waals surface area contributed by atoms with Gasteiger partial charge in [0.2, 0.25) is 0 Å². The smallest absolute Gasteiger partial charge is 0.100 e. The Labute approximate surface area is 112 Å². The first kappa shape index (κ1) is 12.7. The standard InChI is InChI=1S/C16H15NS/c1-12(2)13-7-9-15(10-8-13)18-16-6-4-3-5-14(16)11-17/h3-10,12H,1-2H3. The van der Waals surface area contributed by atoms with Gasteiger partial charge in [0, 0.05) is 9.79 Å². The van der Waals surface area contributed by atoms with Gasteiger partial charge in [0.05, 0.1) is 5.56 Å². The fourth-order valence-corrected chi connectivity index (χ4v) is 2.59. The van der Waals surface area contributed by atoms with Crippen molar-refractivity contribution in [1.29, 1.82) is 5.26 Å². The second kappa shape index (κ2) is 5.75. The van der Waals surface area contributed by atoms with Crippen molar-refractivity contribution in [3.63, 3.8) is 0 Å². The van der Waals surface area contributed by atoms with Crippen LogP contribution in [0.2, 0.25) is 0 Å². The molecule has 0 spiro atoms. The van der Waals surface area contributed by atoms with Crippen LogP contribution in [0.25, 0.3) is 0 Å². The SMILES string of the molecule is CC(C)c1ccc(Sc2ccccc2C#N)cc1. The molecule has 0 bridgehead atoms. The second-order valence-electron chi connectivity index (χ2n) is 4.43. The molecule has 0 N–H and O–H groups in total. The molecule has 0 unspecified atom stereocenters. The fourth-order valence-electron chi connectivity index (χ4n) is 1.70. The van der Waals surface area contributed by atoms with Gasteiger partial charge >= 0.3 is 0 Å². The summed E-state index contributed by atoms with van der Waals surface area (Å²) >= 11 is 1.64. The molecule has 2 aromatic carbocycles. The highest BCUT2D eigenvalue weighted by Gasteiger charge is 2.04. The lowest BCUT2D eigenvalue weighted by Gasteiger charge is -2.07. The van der Waals surface area contributed by atoms with E-state index in [-0.39, 0.29) is 0 Å². The maximum atomic E-state index is 9.05. The van der Waals surface area contributed by atoms with E-state index in [2.05, 4.69) is 44.2 Å². The minimum atomic E-state index is 0.551.